The molecule has 4 nitrogen and oxygen atoms in total. The van der Waals surface area contributed by atoms with E-state index in [9.17, 15) is 18.8 Å². The summed E-state index contributed by atoms with van der Waals surface area (Å²) in [4.78, 5) is 35.0. The largest absolute Gasteiger partial charge is 0.481 e. The fraction of sp³-hybridized carbons (Fsp3) is 0.476. The van der Waals surface area contributed by atoms with E-state index >= 15 is 0 Å². The summed E-state index contributed by atoms with van der Waals surface area (Å²) in [5, 5.41) is 8.57. The van der Waals surface area contributed by atoms with Crippen LogP contribution in [0.15, 0.2) is 24.3 Å². The molecule has 0 saturated heterocycles. The Kier molecular flexibility index (Phi) is 8.64. The summed E-state index contributed by atoms with van der Waals surface area (Å²) >= 11 is 11.6. The average molecular weight is 429 g/mol. The van der Waals surface area contributed by atoms with Crippen LogP contribution in [-0.2, 0) is 9.59 Å². The number of aliphatic carboxylic acids is 1. The van der Waals surface area contributed by atoms with Gasteiger partial charge in [-0.3, -0.25) is 14.4 Å². The Morgan fingerprint density at radius 3 is 2.57 bits per heavy atom. The maximum atomic E-state index is 13.6. The van der Waals surface area contributed by atoms with E-state index in [4.69, 9.17) is 28.3 Å². The second-order valence-corrected chi connectivity index (χ2v) is 7.91. The monoisotopic (exact) mass is 428 g/mol. The number of unbranched alkanes of at least 4 members (excludes halogenated alkanes) is 3. The molecule has 1 aromatic carbocycles. The number of rotatable bonds is 10. The zero-order valence-corrected chi connectivity index (χ0v) is 16.9. The maximum Gasteiger partial charge on any atom is 0.303 e. The van der Waals surface area contributed by atoms with E-state index in [2.05, 4.69) is 0 Å². The molecule has 0 aliphatic heterocycles. The van der Waals surface area contributed by atoms with Crippen LogP contribution in [0.2, 0.25) is 10.0 Å². The number of allylic oxidation sites excluding steroid dienone is 2. The molecule has 0 amide bonds. The van der Waals surface area contributed by atoms with Gasteiger partial charge in [-0.1, -0.05) is 48.5 Å². The van der Waals surface area contributed by atoms with Gasteiger partial charge < -0.3 is 5.11 Å². The van der Waals surface area contributed by atoms with Crippen molar-refractivity contribution in [3.63, 3.8) is 0 Å². The van der Waals surface area contributed by atoms with Crippen molar-refractivity contribution >= 4 is 40.7 Å². The van der Waals surface area contributed by atoms with Crippen molar-refractivity contribution in [3.05, 3.63) is 45.7 Å². The molecule has 1 saturated carbocycles. The molecule has 0 heterocycles. The molecule has 1 fully saturated rings. The van der Waals surface area contributed by atoms with Crippen LogP contribution in [0.4, 0.5) is 4.39 Å². The molecule has 0 aromatic heterocycles. The topological polar surface area (TPSA) is 71.4 Å². The third-order valence-electron chi connectivity index (χ3n) is 5.08. The van der Waals surface area contributed by atoms with Crippen LogP contribution < -0.4 is 0 Å². The van der Waals surface area contributed by atoms with Gasteiger partial charge in [0.05, 0.1) is 10.0 Å². The highest BCUT2D eigenvalue weighted by molar-refractivity contribution is 6.37. The summed E-state index contributed by atoms with van der Waals surface area (Å²) in [7, 11) is 0. The van der Waals surface area contributed by atoms with Crippen LogP contribution >= 0.6 is 23.2 Å². The van der Waals surface area contributed by atoms with Crippen LogP contribution in [-0.4, -0.2) is 22.6 Å². The summed E-state index contributed by atoms with van der Waals surface area (Å²) in [5.41, 5.74) is 0.0409. The molecule has 1 aliphatic carbocycles. The van der Waals surface area contributed by atoms with E-state index < -0.39 is 17.6 Å². The van der Waals surface area contributed by atoms with Gasteiger partial charge >= 0.3 is 5.97 Å². The number of hydrogen-bond donors (Lipinski definition) is 1. The van der Waals surface area contributed by atoms with Gasteiger partial charge in [0.15, 0.2) is 5.78 Å². The molecule has 1 aliphatic rings. The van der Waals surface area contributed by atoms with Crippen LogP contribution in [0.5, 0.6) is 0 Å². The molecule has 2 atom stereocenters. The minimum absolute atomic E-state index is 0.0219. The lowest BCUT2D eigenvalue weighted by Gasteiger charge is -2.14. The Balaban J connectivity index is 1.90. The highest BCUT2D eigenvalue weighted by atomic mass is 35.5. The van der Waals surface area contributed by atoms with Crippen molar-refractivity contribution in [2.75, 3.05) is 0 Å². The van der Waals surface area contributed by atoms with Gasteiger partial charge in [0.25, 0.3) is 0 Å². The van der Waals surface area contributed by atoms with Gasteiger partial charge in [-0.25, -0.2) is 4.39 Å². The fourth-order valence-corrected chi connectivity index (χ4v) is 4.02. The number of carbonyl (C=O) groups is 3. The number of Topliss-reactive ketones (excluding diaryl/α,β-unsaturated/α-hetero) is 1. The standard InChI is InChI=1S/C21H23Cl2FO4/c22-16-12-17(23)18(24)11-15(16)20(26)10-8-13-7-9-19(25)14(13)5-3-1-2-4-6-21(27)28/h8,10-14H,1-7,9H2,(H,27,28)/b10-8+. The third kappa shape index (κ3) is 6.42. The van der Waals surface area contributed by atoms with E-state index in [0.717, 1.165) is 31.7 Å². The lowest BCUT2D eigenvalue weighted by atomic mass is 9.89. The molecular formula is C21H23Cl2FO4. The van der Waals surface area contributed by atoms with E-state index in [1.54, 1.807) is 6.08 Å². The van der Waals surface area contributed by atoms with E-state index in [0.29, 0.717) is 19.3 Å². The first kappa shape index (κ1) is 22.6. The molecule has 152 valence electrons. The molecule has 1 N–H and O–H groups in total. The smallest absolute Gasteiger partial charge is 0.303 e. The Morgan fingerprint density at radius 1 is 1.14 bits per heavy atom. The van der Waals surface area contributed by atoms with Crippen molar-refractivity contribution in [2.24, 2.45) is 11.8 Å². The quantitative estimate of drug-likeness (QED) is 0.218. The number of carboxylic acid groups (broad SMARTS) is 1. The second kappa shape index (κ2) is 10.7. The average Bonchev–Trinajstić information content (AvgIpc) is 2.98. The molecule has 1 aromatic rings. The number of carboxylic acids is 1. The summed E-state index contributed by atoms with van der Waals surface area (Å²) in [5.74, 6) is -1.87. The second-order valence-electron chi connectivity index (χ2n) is 7.09. The molecule has 28 heavy (non-hydrogen) atoms. The zero-order valence-electron chi connectivity index (χ0n) is 15.4. The number of hydrogen-bond acceptors (Lipinski definition) is 3. The number of carbonyl (C=O) groups excluding carboxylic acids is 2. The molecule has 0 bridgehead atoms. The van der Waals surface area contributed by atoms with Crippen molar-refractivity contribution in [2.45, 2.75) is 51.4 Å². The van der Waals surface area contributed by atoms with Crippen LogP contribution in [0.25, 0.3) is 0 Å². The van der Waals surface area contributed by atoms with E-state index in [1.807, 2.05) is 0 Å². The lowest BCUT2D eigenvalue weighted by molar-refractivity contribution is -0.137. The Morgan fingerprint density at radius 2 is 1.86 bits per heavy atom. The lowest BCUT2D eigenvalue weighted by Crippen LogP contribution is -2.13. The maximum absolute atomic E-state index is 13.6. The minimum atomic E-state index is -0.790. The first-order valence-electron chi connectivity index (χ1n) is 9.41. The van der Waals surface area contributed by atoms with Crippen molar-refractivity contribution < 1.29 is 23.9 Å². The SMILES string of the molecule is O=C(O)CCCCCCC1C(=O)CCC1/C=C/C(=O)c1cc(F)c(Cl)cc1Cl. The highest BCUT2D eigenvalue weighted by Gasteiger charge is 2.32. The van der Waals surface area contributed by atoms with Crippen molar-refractivity contribution in [1.29, 1.82) is 0 Å². The van der Waals surface area contributed by atoms with Crippen molar-refractivity contribution in [1.82, 2.24) is 0 Å². The fourth-order valence-electron chi connectivity index (χ4n) is 3.55. The molecule has 0 spiro atoms. The number of halogens is 3. The summed E-state index contributed by atoms with van der Waals surface area (Å²) in [6.07, 6.45) is 8.36. The number of ketones is 2. The predicted molar refractivity (Wildman–Crippen MR) is 106 cm³/mol. The van der Waals surface area contributed by atoms with E-state index in [1.165, 1.54) is 12.1 Å². The molecule has 7 heteroatoms. The minimum Gasteiger partial charge on any atom is -0.481 e. The van der Waals surface area contributed by atoms with Crippen molar-refractivity contribution in [3.8, 4) is 0 Å². The summed E-state index contributed by atoms with van der Waals surface area (Å²) in [6.45, 7) is 0. The molecule has 2 rings (SSSR count). The highest BCUT2D eigenvalue weighted by Crippen LogP contribution is 2.34. The Bertz CT molecular complexity index is 776. The van der Waals surface area contributed by atoms with Crippen LogP contribution in [0, 0.1) is 17.7 Å². The van der Waals surface area contributed by atoms with Gasteiger partial charge in [-0.2, -0.15) is 0 Å². The summed E-state index contributed by atoms with van der Waals surface area (Å²) in [6, 6.07) is 2.22. The summed E-state index contributed by atoms with van der Waals surface area (Å²) < 4.78 is 13.6. The van der Waals surface area contributed by atoms with Gasteiger partial charge in [0.1, 0.15) is 11.6 Å². The number of benzene rings is 1. The van der Waals surface area contributed by atoms with E-state index in [-0.39, 0.29) is 39.6 Å². The van der Waals surface area contributed by atoms with Gasteiger partial charge in [0, 0.05) is 24.3 Å². The molecule has 0 radical (unpaired) electrons. The zero-order chi connectivity index (χ0) is 20.7. The van der Waals surface area contributed by atoms with Gasteiger partial charge in [-0.15, -0.1) is 0 Å². The molecule has 2 unspecified atom stereocenters. The Labute approximate surface area is 173 Å². The van der Waals surface area contributed by atoms with Gasteiger partial charge in [0.2, 0.25) is 0 Å². The third-order valence-corrected chi connectivity index (χ3v) is 5.68. The molecular weight excluding hydrogens is 406 g/mol. The van der Waals surface area contributed by atoms with Crippen LogP contribution in [0.1, 0.15) is 61.7 Å². The Hall–Kier alpha value is -1.72. The predicted octanol–water partition coefficient (Wildman–Crippen LogP) is 5.89. The van der Waals surface area contributed by atoms with Gasteiger partial charge in [-0.05, 0) is 43.4 Å². The first-order valence-corrected chi connectivity index (χ1v) is 10.2. The normalized spacial score (nSPS) is 19.5. The first-order chi connectivity index (χ1) is 13.3. The van der Waals surface area contributed by atoms with Crippen LogP contribution in [0.3, 0.4) is 0 Å².